The maximum Gasteiger partial charge on any atom is 0.243 e. The SMILES string of the molecule is COc1cccc(N2C[C@@H](NS(=O)(=O)c3cc(F)ccc3F)CC2=O)c1. The average Bonchev–Trinajstić information content (AvgIpc) is 2.96. The van der Waals surface area contributed by atoms with Crippen LogP contribution in [0.5, 0.6) is 5.75 Å². The number of methoxy groups -OCH3 is 1. The molecule has 26 heavy (non-hydrogen) atoms. The Hall–Kier alpha value is -2.52. The van der Waals surface area contributed by atoms with Crippen LogP contribution in [0.2, 0.25) is 0 Å². The van der Waals surface area contributed by atoms with E-state index in [-0.39, 0.29) is 18.9 Å². The molecule has 1 N–H and O–H groups in total. The van der Waals surface area contributed by atoms with Crippen LogP contribution < -0.4 is 14.4 Å². The molecule has 0 radical (unpaired) electrons. The van der Waals surface area contributed by atoms with Crippen LogP contribution in [0.25, 0.3) is 0 Å². The number of nitrogens with one attached hydrogen (secondary N) is 1. The minimum Gasteiger partial charge on any atom is -0.497 e. The van der Waals surface area contributed by atoms with Crippen LogP contribution in [0.15, 0.2) is 47.4 Å². The Morgan fingerprint density at radius 3 is 2.69 bits per heavy atom. The largest absolute Gasteiger partial charge is 0.497 e. The summed E-state index contributed by atoms with van der Waals surface area (Å²) in [6, 6.07) is 8.20. The van der Waals surface area contributed by atoms with Gasteiger partial charge in [0.15, 0.2) is 0 Å². The fraction of sp³-hybridized carbons (Fsp3) is 0.235. The van der Waals surface area contributed by atoms with Crippen LogP contribution in [-0.4, -0.2) is 34.0 Å². The Bertz CT molecular complexity index is 950. The van der Waals surface area contributed by atoms with E-state index in [4.69, 9.17) is 4.74 Å². The monoisotopic (exact) mass is 382 g/mol. The first-order valence-corrected chi connectivity index (χ1v) is 9.20. The van der Waals surface area contributed by atoms with Gasteiger partial charge in [0.25, 0.3) is 0 Å². The van der Waals surface area contributed by atoms with E-state index in [0.717, 1.165) is 12.1 Å². The smallest absolute Gasteiger partial charge is 0.243 e. The number of rotatable bonds is 5. The molecule has 1 saturated heterocycles. The molecule has 138 valence electrons. The number of carbonyl (C=O) groups excluding carboxylic acids is 1. The molecule has 0 aromatic heterocycles. The highest BCUT2D eigenvalue weighted by Crippen LogP contribution is 2.26. The number of amides is 1. The van der Waals surface area contributed by atoms with Crippen molar-refractivity contribution in [3.05, 3.63) is 54.1 Å². The van der Waals surface area contributed by atoms with Crippen molar-refractivity contribution in [3.63, 3.8) is 0 Å². The lowest BCUT2D eigenvalue weighted by atomic mass is 10.3. The first-order chi connectivity index (χ1) is 12.3. The minimum atomic E-state index is -4.31. The summed E-state index contributed by atoms with van der Waals surface area (Å²) in [5.74, 6) is -1.66. The predicted molar refractivity (Wildman–Crippen MR) is 90.4 cm³/mol. The van der Waals surface area contributed by atoms with Crippen molar-refractivity contribution in [1.29, 1.82) is 0 Å². The summed E-state index contributed by atoms with van der Waals surface area (Å²) >= 11 is 0. The second-order valence-corrected chi connectivity index (χ2v) is 7.49. The molecule has 2 aromatic rings. The van der Waals surface area contributed by atoms with Crippen LogP contribution in [0, 0.1) is 11.6 Å². The molecule has 1 fully saturated rings. The second-order valence-electron chi connectivity index (χ2n) is 5.80. The van der Waals surface area contributed by atoms with Gasteiger partial charge in [0, 0.05) is 30.8 Å². The van der Waals surface area contributed by atoms with Crippen LogP contribution in [0.3, 0.4) is 0 Å². The highest BCUT2D eigenvalue weighted by molar-refractivity contribution is 7.89. The first-order valence-electron chi connectivity index (χ1n) is 7.72. The van der Waals surface area contributed by atoms with Crippen LogP contribution >= 0.6 is 0 Å². The Morgan fingerprint density at radius 2 is 1.96 bits per heavy atom. The third kappa shape index (κ3) is 3.68. The number of sulfonamides is 1. The molecule has 0 unspecified atom stereocenters. The van der Waals surface area contributed by atoms with Crippen molar-refractivity contribution >= 4 is 21.6 Å². The molecule has 1 amide bonds. The number of carbonyl (C=O) groups is 1. The van der Waals surface area contributed by atoms with E-state index in [9.17, 15) is 22.0 Å². The Morgan fingerprint density at radius 1 is 1.19 bits per heavy atom. The summed E-state index contributed by atoms with van der Waals surface area (Å²) in [6.07, 6.45) is -0.0899. The van der Waals surface area contributed by atoms with E-state index in [1.54, 1.807) is 24.3 Å². The molecule has 9 heteroatoms. The Labute approximate surface area is 149 Å². The van der Waals surface area contributed by atoms with E-state index in [1.165, 1.54) is 12.0 Å². The van der Waals surface area contributed by atoms with E-state index >= 15 is 0 Å². The van der Waals surface area contributed by atoms with Gasteiger partial charge < -0.3 is 9.64 Å². The molecule has 0 aliphatic carbocycles. The van der Waals surface area contributed by atoms with Gasteiger partial charge in [0.2, 0.25) is 15.9 Å². The van der Waals surface area contributed by atoms with Crippen molar-refractivity contribution in [2.75, 3.05) is 18.6 Å². The third-order valence-electron chi connectivity index (χ3n) is 3.99. The molecular weight excluding hydrogens is 366 g/mol. The second kappa shape index (κ2) is 7.00. The number of halogens is 2. The first kappa shape index (κ1) is 18.3. The summed E-state index contributed by atoms with van der Waals surface area (Å²) in [4.78, 5) is 12.9. The van der Waals surface area contributed by atoms with Gasteiger partial charge in [-0.2, -0.15) is 0 Å². The quantitative estimate of drug-likeness (QED) is 0.859. The summed E-state index contributed by atoms with van der Waals surface area (Å²) in [5, 5.41) is 0. The molecule has 1 heterocycles. The van der Waals surface area contributed by atoms with Crippen molar-refractivity contribution in [1.82, 2.24) is 4.72 Å². The molecule has 1 atom stereocenters. The lowest BCUT2D eigenvalue weighted by Crippen LogP contribution is -2.37. The highest BCUT2D eigenvalue weighted by atomic mass is 32.2. The number of hydrogen-bond donors (Lipinski definition) is 1. The zero-order valence-corrected chi connectivity index (χ0v) is 14.6. The number of ether oxygens (including phenoxy) is 1. The van der Waals surface area contributed by atoms with Crippen molar-refractivity contribution in [2.45, 2.75) is 17.4 Å². The maximum atomic E-state index is 13.8. The zero-order chi connectivity index (χ0) is 18.9. The van der Waals surface area contributed by atoms with Crippen LogP contribution in [0.4, 0.5) is 14.5 Å². The predicted octanol–water partition coefficient (Wildman–Crippen LogP) is 2.06. The van der Waals surface area contributed by atoms with Gasteiger partial charge in [-0.15, -0.1) is 0 Å². The topological polar surface area (TPSA) is 75.7 Å². The van der Waals surface area contributed by atoms with Gasteiger partial charge in [0.1, 0.15) is 22.3 Å². The average molecular weight is 382 g/mol. The van der Waals surface area contributed by atoms with Crippen molar-refractivity contribution in [3.8, 4) is 5.75 Å². The van der Waals surface area contributed by atoms with Gasteiger partial charge >= 0.3 is 0 Å². The van der Waals surface area contributed by atoms with Crippen molar-refractivity contribution in [2.24, 2.45) is 0 Å². The maximum absolute atomic E-state index is 13.8. The number of hydrogen-bond acceptors (Lipinski definition) is 4. The van der Waals surface area contributed by atoms with Gasteiger partial charge in [-0.3, -0.25) is 4.79 Å². The van der Waals surface area contributed by atoms with E-state index < -0.39 is 32.6 Å². The van der Waals surface area contributed by atoms with Gasteiger partial charge in [-0.1, -0.05) is 6.07 Å². The van der Waals surface area contributed by atoms with E-state index in [1.807, 2.05) is 0 Å². The Balaban J connectivity index is 1.79. The zero-order valence-electron chi connectivity index (χ0n) is 13.8. The molecule has 1 aliphatic rings. The van der Waals surface area contributed by atoms with Crippen LogP contribution in [0.1, 0.15) is 6.42 Å². The minimum absolute atomic E-state index is 0.0716. The highest BCUT2D eigenvalue weighted by Gasteiger charge is 2.34. The summed E-state index contributed by atoms with van der Waals surface area (Å²) in [5.41, 5.74) is 0.563. The summed E-state index contributed by atoms with van der Waals surface area (Å²) in [6.45, 7) is 0.0716. The number of nitrogens with zero attached hydrogens (tertiary/aromatic N) is 1. The van der Waals surface area contributed by atoms with Crippen molar-refractivity contribution < 1.29 is 26.7 Å². The number of anilines is 1. The fourth-order valence-electron chi connectivity index (χ4n) is 2.78. The fourth-order valence-corrected chi connectivity index (χ4v) is 4.10. The van der Waals surface area contributed by atoms with Gasteiger partial charge in [-0.05, 0) is 30.3 Å². The lowest BCUT2D eigenvalue weighted by Gasteiger charge is -2.18. The van der Waals surface area contributed by atoms with Gasteiger partial charge in [-0.25, -0.2) is 21.9 Å². The molecule has 2 aromatic carbocycles. The summed E-state index contributed by atoms with van der Waals surface area (Å²) < 4.78 is 59.1. The normalized spacial score (nSPS) is 17.6. The van der Waals surface area contributed by atoms with Gasteiger partial charge in [0.05, 0.1) is 7.11 Å². The molecule has 0 spiro atoms. The van der Waals surface area contributed by atoms with E-state index in [2.05, 4.69) is 4.72 Å². The standard InChI is InChI=1S/C17H16F2N2O4S/c1-25-14-4-2-3-13(9-14)21-10-12(8-17(21)22)20-26(23,24)16-7-11(18)5-6-15(16)19/h2-7,9,12,20H,8,10H2,1H3/t12-/m0/s1. The lowest BCUT2D eigenvalue weighted by molar-refractivity contribution is -0.117. The summed E-state index contributed by atoms with van der Waals surface area (Å²) in [7, 11) is -2.81. The van der Waals surface area contributed by atoms with Crippen LogP contribution in [-0.2, 0) is 14.8 Å². The molecule has 3 rings (SSSR count). The molecule has 1 aliphatic heterocycles. The molecule has 0 saturated carbocycles. The number of benzene rings is 2. The third-order valence-corrected chi connectivity index (χ3v) is 5.53. The molecule has 0 bridgehead atoms. The van der Waals surface area contributed by atoms with E-state index in [0.29, 0.717) is 17.5 Å². The molecule has 6 nitrogen and oxygen atoms in total. The molecular formula is C17H16F2N2O4S. The Kier molecular flexibility index (Phi) is 4.92.